The summed E-state index contributed by atoms with van der Waals surface area (Å²) in [6.07, 6.45) is 1.49. The van der Waals surface area contributed by atoms with Crippen LogP contribution in [0, 0.1) is 0 Å². The number of nitrogens with one attached hydrogen (secondary N) is 1. The molecule has 1 aromatic heterocycles. The van der Waals surface area contributed by atoms with Gasteiger partial charge < -0.3 is 15.0 Å². The average Bonchev–Trinajstić information content (AvgIpc) is 2.39. The summed E-state index contributed by atoms with van der Waals surface area (Å²) in [6.45, 7) is 3.46. The summed E-state index contributed by atoms with van der Waals surface area (Å²) in [7, 11) is 0. The second kappa shape index (κ2) is 5.44. The fraction of sp³-hybridized carbons (Fsp3) is 0.455. The lowest BCUT2D eigenvalue weighted by molar-refractivity contribution is -0.120. The minimum Gasteiger partial charge on any atom is -0.460 e. The van der Waals surface area contributed by atoms with Crippen molar-refractivity contribution in [2.45, 2.75) is 6.92 Å². The standard InChI is InChI=1S/C11H14N4O3/c1-2-18-11(17)10-13-4-3-8(14-10)15-6-5-12-9(16)7-15/h3-4H,2,5-7H2,1H3,(H,12,16). The molecule has 0 radical (unpaired) electrons. The Balaban J connectivity index is 2.16. The smallest absolute Gasteiger partial charge is 0.376 e. The van der Waals surface area contributed by atoms with Crippen LogP contribution in [0.25, 0.3) is 0 Å². The lowest BCUT2D eigenvalue weighted by Gasteiger charge is -2.27. The van der Waals surface area contributed by atoms with Crippen LogP contribution in [0.3, 0.4) is 0 Å². The second-order valence-corrected chi connectivity index (χ2v) is 3.73. The van der Waals surface area contributed by atoms with Crippen LogP contribution in [0.4, 0.5) is 5.82 Å². The molecule has 1 saturated heterocycles. The zero-order valence-electron chi connectivity index (χ0n) is 10.0. The summed E-state index contributed by atoms with van der Waals surface area (Å²) in [5.74, 6) is -0.0402. The van der Waals surface area contributed by atoms with Crippen molar-refractivity contribution in [1.82, 2.24) is 15.3 Å². The van der Waals surface area contributed by atoms with Gasteiger partial charge in [-0.3, -0.25) is 4.79 Å². The van der Waals surface area contributed by atoms with E-state index in [1.54, 1.807) is 17.9 Å². The van der Waals surface area contributed by atoms with Gasteiger partial charge in [-0.15, -0.1) is 0 Å². The number of nitrogens with zero attached hydrogens (tertiary/aromatic N) is 3. The number of hydrogen-bond donors (Lipinski definition) is 1. The van der Waals surface area contributed by atoms with Crippen molar-refractivity contribution in [3.8, 4) is 0 Å². The van der Waals surface area contributed by atoms with E-state index in [1.165, 1.54) is 6.20 Å². The molecular weight excluding hydrogens is 236 g/mol. The minimum absolute atomic E-state index is 0.0142. The summed E-state index contributed by atoms with van der Waals surface area (Å²) >= 11 is 0. The largest absolute Gasteiger partial charge is 0.460 e. The molecule has 1 aromatic rings. The highest BCUT2D eigenvalue weighted by molar-refractivity contribution is 5.86. The number of anilines is 1. The molecule has 96 valence electrons. The number of carbonyl (C=O) groups excluding carboxylic acids is 2. The molecule has 7 heteroatoms. The lowest BCUT2D eigenvalue weighted by atomic mass is 10.3. The first-order chi connectivity index (χ1) is 8.70. The number of esters is 1. The Morgan fingerprint density at radius 1 is 1.61 bits per heavy atom. The molecule has 2 rings (SSSR count). The van der Waals surface area contributed by atoms with E-state index < -0.39 is 5.97 Å². The third-order valence-corrected chi connectivity index (χ3v) is 2.46. The number of piperazine rings is 1. The number of ether oxygens (including phenoxy) is 1. The van der Waals surface area contributed by atoms with Gasteiger partial charge in [-0.25, -0.2) is 14.8 Å². The SMILES string of the molecule is CCOC(=O)c1nccc(N2CCNC(=O)C2)n1. The maximum Gasteiger partial charge on any atom is 0.376 e. The van der Waals surface area contributed by atoms with Crippen LogP contribution >= 0.6 is 0 Å². The summed E-state index contributed by atoms with van der Waals surface area (Å²) in [5, 5.41) is 2.72. The summed E-state index contributed by atoms with van der Waals surface area (Å²) < 4.78 is 4.83. The number of aromatic nitrogens is 2. The fourth-order valence-electron chi connectivity index (χ4n) is 1.65. The van der Waals surface area contributed by atoms with Crippen molar-refractivity contribution in [3.05, 3.63) is 18.1 Å². The Morgan fingerprint density at radius 2 is 2.44 bits per heavy atom. The quantitative estimate of drug-likeness (QED) is 0.734. The predicted octanol–water partition coefficient (Wildman–Crippen LogP) is -0.410. The van der Waals surface area contributed by atoms with Crippen LogP contribution in [0.2, 0.25) is 0 Å². The number of carbonyl (C=O) groups is 2. The fourth-order valence-corrected chi connectivity index (χ4v) is 1.65. The Kier molecular flexibility index (Phi) is 3.71. The molecule has 1 N–H and O–H groups in total. The molecule has 1 amide bonds. The molecule has 2 heterocycles. The third-order valence-electron chi connectivity index (χ3n) is 2.46. The molecule has 0 bridgehead atoms. The van der Waals surface area contributed by atoms with E-state index >= 15 is 0 Å². The van der Waals surface area contributed by atoms with Crippen LogP contribution in [-0.4, -0.2) is 48.1 Å². The lowest BCUT2D eigenvalue weighted by Crippen LogP contribution is -2.48. The minimum atomic E-state index is -0.555. The van der Waals surface area contributed by atoms with Gasteiger partial charge in [0.25, 0.3) is 0 Å². The van der Waals surface area contributed by atoms with Gasteiger partial charge in [-0.2, -0.15) is 0 Å². The van der Waals surface area contributed by atoms with Crippen LogP contribution < -0.4 is 10.2 Å². The van der Waals surface area contributed by atoms with Crippen LogP contribution in [-0.2, 0) is 9.53 Å². The van der Waals surface area contributed by atoms with Gasteiger partial charge in [0.15, 0.2) is 0 Å². The van der Waals surface area contributed by atoms with Crippen molar-refractivity contribution in [1.29, 1.82) is 0 Å². The van der Waals surface area contributed by atoms with Gasteiger partial charge in [0.1, 0.15) is 5.82 Å². The monoisotopic (exact) mass is 250 g/mol. The van der Waals surface area contributed by atoms with E-state index in [2.05, 4.69) is 15.3 Å². The number of rotatable bonds is 3. The average molecular weight is 250 g/mol. The maximum absolute atomic E-state index is 11.5. The van der Waals surface area contributed by atoms with Crippen molar-refractivity contribution >= 4 is 17.7 Å². The summed E-state index contributed by atoms with van der Waals surface area (Å²) in [5.41, 5.74) is 0. The highest BCUT2D eigenvalue weighted by Gasteiger charge is 2.19. The Labute approximate surface area is 104 Å². The Bertz CT molecular complexity index is 463. The van der Waals surface area contributed by atoms with Crippen molar-refractivity contribution in [2.75, 3.05) is 31.1 Å². The van der Waals surface area contributed by atoms with E-state index in [4.69, 9.17) is 4.74 Å². The Morgan fingerprint density at radius 3 is 3.17 bits per heavy atom. The van der Waals surface area contributed by atoms with Gasteiger partial charge in [0, 0.05) is 19.3 Å². The molecule has 18 heavy (non-hydrogen) atoms. The van der Waals surface area contributed by atoms with Crippen LogP contribution in [0.1, 0.15) is 17.5 Å². The van der Waals surface area contributed by atoms with Crippen molar-refractivity contribution in [2.24, 2.45) is 0 Å². The number of hydrogen-bond acceptors (Lipinski definition) is 6. The van der Waals surface area contributed by atoms with E-state index in [0.717, 1.165) is 0 Å². The van der Waals surface area contributed by atoms with Crippen LogP contribution in [0.5, 0.6) is 0 Å². The van der Waals surface area contributed by atoms with E-state index in [-0.39, 0.29) is 24.9 Å². The zero-order valence-corrected chi connectivity index (χ0v) is 10.0. The topological polar surface area (TPSA) is 84.4 Å². The molecule has 7 nitrogen and oxygen atoms in total. The summed E-state index contributed by atoms with van der Waals surface area (Å²) in [6, 6.07) is 1.67. The van der Waals surface area contributed by atoms with Gasteiger partial charge in [0.2, 0.25) is 11.7 Å². The van der Waals surface area contributed by atoms with Crippen molar-refractivity contribution < 1.29 is 14.3 Å². The normalized spacial score (nSPS) is 15.2. The highest BCUT2D eigenvalue weighted by atomic mass is 16.5. The summed E-state index contributed by atoms with van der Waals surface area (Å²) in [4.78, 5) is 32.5. The molecule has 0 aliphatic carbocycles. The second-order valence-electron chi connectivity index (χ2n) is 3.73. The molecule has 0 saturated carbocycles. The molecule has 0 aromatic carbocycles. The first kappa shape index (κ1) is 12.3. The van der Waals surface area contributed by atoms with Crippen LogP contribution in [0.15, 0.2) is 12.3 Å². The number of amides is 1. The molecule has 1 aliphatic rings. The van der Waals surface area contributed by atoms with Gasteiger partial charge in [-0.1, -0.05) is 0 Å². The van der Waals surface area contributed by atoms with E-state index in [9.17, 15) is 9.59 Å². The first-order valence-electron chi connectivity index (χ1n) is 5.72. The molecule has 1 aliphatic heterocycles. The molecule has 0 spiro atoms. The predicted molar refractivity (Wildman–Crippen MR) is 63.2 cm³/mol. The Hall–Kier alpha value is -2.18. The van der Waals surface area contributed by atoms with Gasteiger partial charge in [0.05, 0.1) is 13.2 Å². The van der Waals surface area contributed by atoms with Crippen molar-refractivity contribution in [3.63, 3.8) is 0 Å². The zero-order chi connectivity index (χ0) is 13.0. The van der Waals surface area contributed by atoms with E-state index in [0.29, 0.717) is 18.9 Å². The van der Waals surface area contributed by atoms with Gasteiger partial charge >= 0.3 is 5.97 Å². The highest BCUT2D eigenvalue weighted by Crippen LogP contribution is 2.11. The molecular formula is C11H14N4O3. The maximum atomic E-state index is 11.5. The van der Waals surface area contributed by atoms with Gasteiger partial charge in [-0.05, 0) is 13.0 Å². The molecule has 0 unspecified atom stereocenters. The molecule has 1 fully saturated rings. The first-order valence-corrected chi connectivity index (χ1v) is 5.72. The van der Waals surface area contributed by atoms with E-state index in [1.807, 2.05) is 0 Å². The molecule has 0 atom stereocenters. The third kappa shape index (κ3) is 2.73.